The molecule has 0 spiro atoms. The van der Waals surface area contributed by atoms with Gasteiger partial charge >= 0.3 is 0 Å². The number of rotatable bonds is 4. The maximum absolute atomic E-state index is 12.0. The standard InChI is InChI=1S/C19H19BrN2O2/c1-13-10-16(20)12-17(11-13)21-18(23)9-6-14-4-7-15(8-5-14)19(24)22(2)3/h4-12H,1-3H3,(H,21,23)/b9-6+. The molecule has 24 heavy (non-hydrogen) atoms. The lowest BCUT2D eigenvalue weighted by Gasteiger charge is -2.09. The summed E-state index contributed by atoms with van der Waals surface area (Å²) in [5.74, 6) is -0.255. The Hall–Kier alpha value is -2.40. The zero-order valence-corrected chi connectivity index (χ0v) is 15.4. The van der Waals surface area contributed by atoms with Gasteiger partial charge in [-0.05, 0) is 54.5 Å². The molecule has 0 saturated heterocycles. The number of carbonyl (C=O) groups is 2. The van der Waals surface area contributed by atoms with Crippen molar-refractivity contribution in [3.8, 4) is 0 Å². The Morgan fingerprint density at radius 2 is 1.75 bits per heavy atom. The van der Waals surface area contributed by atoms with Crippen LogP contribution in [0, 0.1) is 6.92 Å². The first-order valence-corrected chi connectivity index (χ1v) is 8.22. The van der Waals surface area contributed by atoms with Crippen molar-refractivity contribution in [2.45, 2.75) is 6.92 Å². The summed E-state index contributed by atoms with van der Waals surface area (Å²) in [5, 5.41) is 2.82. The van der Waals surface area contributed by atoms with Crippen LogP contribution >= 0.6 is 15.9 Å². The molecule has 124 valence electrons. The largest absolute Gasteiger partial charge is 0.345 e. The quantitative estimate of drug-likeness (QED) is 0.803. The summed E-state index contributed by atoms with van der Waals surface area (Å²) in [6.45, 7) is 1.97. The molecule has 0 fully saturated rings. The van der Waals surface area contributed by atoms with Crippen LogP contribution < -0.4 is 5.32 Å². The van der Waals surface area contributed by atoms with Crippen LogP contribution in [0.5, 0.6) is 0 Å². The smallest absolute Gasteiger partial charge is 0.253 e. The summed E-state index contributed by atoms with van der Waals surface area (Å²) in [5.41, 5.74) is 3.27. The molecule has 5 heteroatoms. The van der Waals surface area contributed by atoms with Crippen molar-refractivity contribution < 1.29 is 9.59 Å². The highest BCUT2D eigenvalue weighted by atomic mass is 79.9. The second kappa shape index (κ2) is 7.93. The highest BCUT2D eigenvalue weighted by Gasteiger charge is 2.06. The van der Waals surface area contributed by atoms with Crippen LogP contribution in [0.4, 0.5) is 5.69 Å². The van der Waals surface area contributed by atoms with Crippen LogP contribution in [0.1, 0.15) is 21.5 Å². The molecule has 0 aromatic heterocycles. The second-order valence-corrected chi connectivity index (χ2v) is 6.58. The molecular formula is C19H19BrN2O2. The normalized spacial score (nSPS) is 10.7. The maximum Gasteiger partial charge on any atom is 0.253 e. The highest BCUT2D eigenvalue weighted by Crippen LogP contribution is 2.19. The fourth-order valence-electron chi connectivity index (χ4n) is 2.16. The van der Waals surface area contributed by atoms with Crippen molar-refractivity contribution in [2.24, 2.45) is 0 Å². The highest BCUT2D eigenvalue weighted by molar-refractivity contribution is 9.10. The number of carbonyl (C=O) groups excluding carboxylic acids is 2. The van der Waals surface area contributed by atoms with E-state index in [2.05, 4.69) is 21.2 Å². The Balaban J connectivity index is 2.02. The van der Waals surface area contributed by atoms with Gasteiger partial charge in [-0.1, -0.05) is 28.1 Å². The van der Waals surface area contributed by atoms with Crippen molar-refractivity contribution in [1.29, 1.82) is 0 Å². The van der Waals surface area contributed by atoms with E-state index in [4.69, 9.17) is 0 Å². The first-order valence-electron chi connectivity index (χ1n) is 7.43. The third-order valence-corrected chi connectivity index (χ3v) is 3.76. The van der Waals surface area contributed by atoms with Gasteiger partial charge in [0.15, 0.2) is 0 Å². The lowest BCUT2D eigenvalue weighted by Crippen LogP contribution is -2.21. The van der Waals surface area contributed by atoms with E-state index in [-0.39, 0.29) is 11.8 Å². The molecule has 0 bridgehead atoms. The molecule has 0 atom stereocenters. The molecule has 4 nitrogen and oxygen atoms in total. The molecule has 2 amide bonds. The summed E-state index contributed by atoms with van der Waals surface area (Å²) in [6.07, 6.45) is 3.18. The van der Waals surface area contributed by atoms with Gasteiger partial charge in [0.1, 0.15) is 0 Å². The fraction of sp³-hybridized carbons (Fsp3) is 0.158. The number of hydrogen-bond acceptors (Lipinski definition) is 2. The minimum absolute atomic E-state index is 0.0479. The number of nitrogens with one attached hydrogen (secondary N) is 1. The van der Waals surface area contributed by atoms with Crippen LogP contribution in [0.3, 0.4) is 0 Å². The van der Waals surface area contributed by atoms with Gasteiger partial charge in [-0.25, -0.2) is 0 Å². The third kappa shape index (κ3) is 5.06. The number of anilines is 1. The molecular weight excluding hydrogens is 368 g/mol. The Labute approximate surface area is 150 Å². The van der Waals surface area contributed by atoms with E-state index in [1.165, 1.54) is 11.0 Å². The van der Waals surface area contributed by atoms with Gasteiger partial charge < -0.3 is 10.2 Å². The molecule has 0 aliphatic carbocycles. The molecule has 2 aromatic rings. The third-order valence-electron chi connectivity index (χ3n) is 3.30. The Bertz CT molecular complexity index is 760. The molecule has 0 aliphatic heterocycles. The van der Waals surface area contributed by atoms with Gasteiger partial charge in [0.05, 0.1) is 0 Å². The Kier molecular flexibility index (Phi) is 5.93. The average Bonchev–Trinajstić information content (AvgIpc) is 2.51. The van der Waals surface area contributed by atoms with Gasteiger partial charge in [0.25, 0.3) is 5.91 Å². The van der Waals surface area contributed by atoms with Crippen molar-refractivity contribution >= 4 is 39.5 Å². The van der Waals surface area contributed by atoms with E-state index in [1.54, 1.807) is 32.3 Å². The van der Waals surface area contributed by atoms with Crippen molar-refractivity contribution in [3.63, 3.8) is 0 Å². The molecule has 0 heterocycles. The Morgan fingerprint density at radius 1 is 1.08 bits per heavy atom. The summed E-state index contributed by atoms with van der Waals surface area (Å²) >= 11 is 3.41. The molecule has 0 radical (unpaired) electrons. The van der Waals surface area contributed by atoms with E-state index < -0.39 is 0 Å². The molecule has 2 rings (SSSR count). The van der Waals surface area contributed by atoms with Gasteiger partial charge in [0, 0.05) is 35.9 Å². The second-order valence-electron chi connectivity index (χ2n) is 5.66. The van der Waals surface area contributed by atoms with E-state index >= 15 is 0 Å². The lowest BCUT2D eigenvalue weighted by atomic mass is 10.1. The molecule has 0 unspecified atom stereocenters. The van der Waals surface area contributed by atoms with Crippen LogP contribution in [0.15, 0.2) is 53.0 Å². The van der Waals surface area contributed by atoms with Crippen LogP contribution in [0.2, 0.25) is 0 Å². The zero-order valence-electron chi connectivity index (χ0n) is 13.8. The minimum atomic E-state index is -0.207. The molecule has 0 aliphatic rings. The van der Waals surface area contributed by atoms with Gasteiger partial charge in [-0.3, -0.25) is 9.59 Å². The van der Waals surface area contributed by atoms with Crippen molar-refractivity contribution in [2.75, 3.05) is 19.4 Å². The molecule has 2 aromatic carbocycles. The summed E-state index contributed by atoms with van der Waals surface area (Å²) in [6, 6.07) is 12.8. The van der Waals surface area contributed by atoms with Crippen LogP contribution in [-0.4, -0.2) is 30.8 Å². The van der Waals surface area contributed by atoms with Crippen molar-refractivity contribution in [1.82, 2.24) is 4.90 Å². The van der Waals surface area contributed by atoms with E-state index in [0.29, 0.717) is 5.56 Å². The van der Waals surface area contributed by atoms with Gasteiger partial charge in [0.2, 0.25) is 5.91 Å². The first-order chi connectivity index (χ1) is 11.3. The Morgan fingerprint density at radius 3 is 2.33 bits per heavy atom. The number of benzene rings is 2. The topological polar surface area (TPSA) is 49.4 Å². The molecule has 0 saturated carbocycles. The summed E-state index contributed by atoms with van der Waals surface area (Å²) in [4.78, 5) is 25.3. The predicted octanol–water partition coefficient (Wildman–Crippen LogP) is 4.11. The monoisotopic (exact) mass is 386 g/mol. The van der Waals surface area contributed by atoms with Crippen LogP contribution in [0.25, 0.3) is 6.08 Å². The van der Waals surface area contributed by atoms with Gasteiger partial charge in [-0.2, -0.15) is 0 Å². The minimum Gasteiger partial charge on any atom is -0.345 e. The van der Waals surface area contributed by atoms with E-state index in [9.17, 15) is 9.59 Å². The fourth-order valence-corrected chi connectivity index (χ4v) is 2.77. The zero-order chi connectivity index (χ0) is 17.7. The lowest BCUT2D eigenvalue weighted by molar-refractivity contribution is -0.111. The number of amides is 2. The first kappa shape index (κ1) is 17.9. The predicted molar refractivity (Wildman–Crippen MR) is 101 cm³/mol. The maximum atomic E-state index is 12.0. The summed E-state index contributed by atoms with van der Waals surface area (Å²) < 4.78 is 0.919. The van der Waals surface area contributed by atoms with Gasteiger partial charge in [-0.15, -0.1) is 0 Å². The van der Waals surface area contributed by atoms with Crippen molar-refractivity contribution in [3.05, 3.63) is 69.7 Å². The SMILES string of the molecule is Cc1cc(Br)cc(NC(=O)/C=C/c2ccc(C(=O)N(C)C)cc2)c1. The number of hydrogen-bond donors (Lipinski definition) is 1. The van der Waals surface area contributed by atoms with Crippen LogP contribution in [-0.2, 0) is 4.79 Å². The number of halogens is 1. The summed E-state index contributed by atoms with van der Waals surface area (Å²) in [7, 11) is 3.42. The number of nitrogens with zero attached hydrogens (tertiary/aromatic N) is 1. The van der Waals surface area contributed by atoms with E-state index in [0.717, 1.165) is 21.3 Å². The molecule has 1 N–H and O–H groups in total. The average molecular weight is 387 g/mol. The van der Waals surface area contributed by atoms with E-state index in [1.807, 2.05) is 37.3 Å². The number of aryl methyl sites for hydroxylation is 1.